The van der Waals surface area contributed by atoms with Gasteiger partial charge in [-0.3, -0.25) is 0 Å². The summed E-state index contributed by atoms with van der Waals surface area (Å²) in [7, 11) is 0. The molecular formula is C27H26FNO3. The monoisotopic (exact) mass is 431 g/mol. The molecule has 3 aromatic carbocycles. The van der Waals surface area contributed by atoms with Gasteiger partial charge < -0.3 is 14.7 Å². The molecule has 0 aliphatic carbocycles. The summed E-state index contributed by atoms with van der Waals surface area (Å²) in [4.78, 5) is 14.0. The van der Waals surface area contributed by atoms with Gasteiger partial charge in [0.25, 0.3) is 0 Å². The van der Waals surface area contributed by atoms with Crippen LogP contribution in [-0.4, -0.2) is 23.7 Å². The fraction of sp³-hybridized carbons (Fsp3) is 0.222. The standard InChI is InChI=1S/C27H26FNO3/c1-3-32-26-11-7-5-9-23(26)19-12-13-25-21(15-19)16-22(27(30)31)14-18(2)29(25)17-20-8-4-6-10-24(20)28/h4-13,15-16,18H,3,14,17H2,1-2H3,(H,30,31). The fourth-order valence-electron chi connectivity index (χ4n) is 4.20. The molecule has 1 N–H and O–H groups in total. The predicted octanol–water partition coefficient (Wildman–Crippen LogP) is 6.16. The van der Waals surface area contributed by atoms with Crippen molar-refractivity contribution in [2.75, 3.05) is 11.5 Å². The molecule has 1 heterocycles. The van der Waals surface area contributed by atoms with Gasteiger partial charge in [0.2, 0.25) is 0 Å². The summed E-state index contributed by atoms with van der Waals surface area (Å²) in [5.41, 5.74) is 4.48. The molecule has 5 heteroatoms. The van der Waals surface area contributed by atoms with Gasteiger partial charge in [-0.1, -0.05) is 42.5 Å². The van der Waals surface area contributed by atoms with E-state index in [4.69, 9.17) is 4.74 Å². The van der Waals surface area contributed by atoms with Crippen molar-refractivity contribution < 1.29 is 19.0 Å². The number of hydrogen-bond acceptors (Lipinski definition) is 3. The Morgan fingerprint density at radius 2 is 1.88 bits per heavy atom. The van der Waals surface area contributed by atoms with Crippen molar-refractivity contribution in [2.24, 2.45) is 0 Å². The van der Waals surface area contributed by atoms with E-state index in [1.54, 1.807) is 18.2 Å². The van der Waals surface area contributed by atoms with E-state index in [9.17, 15) is 14.3 Å². The van der Waals surface area contributed by atoms with Gasteiger partial charge in [0, 0.05) is 35.0 Å². The van der Waals surface area contributed by atoms with Gasteiger partial charge in [-0.2, -0.15) is 0 Å². The van der Waals surface area contributed by atoms with Crippen LogP contribution in [0, 0.1) is 5.82 Å². The maximum atomic E-state index is 14.4. The average molecular weight is 432 g/mol. The number of aliphatic carboxylic acids is 1. The number of rotatable bonds is 6. The third-order valence-corrected chi connectivity index (χ3v) is 5.79. The van der Waals surface area contributed by atoms with Crippen LogP contribution in [0.4, 0.5) is 10.1 Å². The Kier molecular flexibility index (Phi) is 6.26. The second-order valence-electron chi connectivity index (χ2n) is 7.95. The number of carbonyl (C=O) groups is 1. The van der Waals surface area contributed by atoms with Gasteiger partial charge in [0.15, 0.2) is 0 Å². The van der Waals surface area contributed by atoms with Gasteiger partial charge in [0.05, 0.1) is 6.61 Å². The van der Waals surface area contributed by atoms with Crippen LogP contribution in [0.1, 0.15) is 31.4 Å². The quantitative estimate of drug-likeness (QED) is 0.508. The van der Waals surface area contributed by atoms with E-state index in [-0.39, 0.29) is 11.9 Å². The number of fused-ring (bicyclic) bond motifs is 1. The minimum atomic E-state index is -0.935. The Bertz CT molecular complexity index is 1170. The second kappa shape index (κ2) is 9.27. The molecule has 0 amide bonds. The molecule has 0 spiro atoms. The molecule has 1 atom stereocenters. The molecule has 1 aliphatic rings. The zero-order valence-corrected chi connectivity index (χ0v) is 18.2. The molecule has 1 aliphatic heterocycles. The number of carboxylic acids is 1. The smallest absolute Gasteiger partial charge is 0.331 e. The van der Waals surface area contributed by atoms with Crippen LogP contribution in [0.15, 0.2) is 72.3 Å². The largest absolute Gasteiger partial charge is 0.493 e. The van der Waals surface area contributed by atoms with E-state index >= 15 is 0 Å². The van der Waals surface area contributed by atoms with Crippen molar-refractivity contribution in [3.8, 4) is 16.9 Å². The number of benzene rings is 3. The molecule has 0 fully saturated rings. The Balaban J connectivity index is 1.82. The Hall–Kier alpha value is -3.60. The van der Waals surface area contributed by atoms with Crippen molar-refractivity contribution in [1.82, 2.24) is 0 Å². The van der Waals surface area contributed by atoms with Crippen molar-refractivity contribution in [1.29, 1.82) is 0 Å². The van der Waals surface area contributed by atoms with Crippen LogP contribution in [0.25, 0.3) is 17.2 Å². The van der Waals surface area contributed by atoms with Gasteiger partial charge >= 0.3 is 5.97 Å². The molecule has 3 aromatic rings. The molecule has 0 radical (unpaired) electrons. The molecule has 4 rings (SSSR count). The lowest BCUT2D eigenvalue weighted by molar-refractivity contribution is -0.132. The zero-order valence-electron chi connectivity index (χ0n) is 18.2. The first-order valence-electron chi connectivity index (χ1n) is 10.8. The van der Waals surface area contributed by atoms with E-state index in [1.165, 1.54) is 6.07 Å². The predicted molar refractivity (Wildman–Crippen MR) is 125 cm³/mol. The number of halogens is 1. The zero-order chi connectivity index (χ0) is 22.7. The van der Waals surface area contributed by atoms with Crippen LogP contribution in [0.2, 0.25) is 0 Å². The molecule has 32 heavy (non-hydrogen) atoms. The first-order chi connectivity index (χ1) is 15.5. The van der Waals surface area contributed by atoms with Crippen LogP contribution in [-0.2, 0) is 11.3 Å². The topological polar surface area (TPSA) is 49.8 Å². The van der Waals surface area contributed by atoms with Crippen molar-refractivity contribution in [2.45, 2.75) is 32.9 Å². The lowest BCUT2D eigenvalue weighted by Crippen LogP contribution is -2.33. The third-order valence-electron chi connectivity index (χ3n) is 5.79. The highest BCUT2D eigenvalue weighted by atomic mass is 19.1. The minimum Gasteiger partial charge on any atom is -0.493 e. The van der Waals surface area contributed by atoms with Gasteiger partial charge in [-0.05, 0) is 61.7 Å². The average Bonchev–Trinajstić information content (AvgIpc) is 2.92. The van der Waals surface area contributed by atoms with Gasteiger partial charge in [-0.15, -0.1) is 0 Å². The summed E-state index contributed by atoms with van der Waals surface area (Å²) in [5.74, 6) is -0.419. The summed E-state index contributed by atoms with van der Waals surface area (Å²) < 4.78 is 20.2. The normalized spacial score (nSPS) is 15.5. The molecular weight excluding hydrogens is 405 g/mol. The van der Waals surface area contributed by atoms with E-state index in [2.05, 4.69) is 4.90 Å². The third kappa shape index (κ3) is 4.37. The van der Waals surface area contributed by atoms with Crippen LogP contribution in [0.5, 0.6) is 5.75 Å². The Morgan fingerprint density at radius 1 is 1.12 bits per heavy atom. The van der Waals surface area contributed by atoms with E-state index < -0.39 is 5.97 Å². The maximum absolute atomic E-state index is 14.4. The van der Waals surface area contributed by atoms with Crippen LogP contribution >= 0.6 is 0 Å². The van der Waals surface area contributed by atoms with Crippen molar-refractivity contribution in [3.05, 3.63) is 89.2 Å². The number of nitrogens with zero attached hydrogens (tertiary/aromatic N) is 1. The summed E-state index contributed by atoms with van der Waals surface area (Å²) in [5, 5.41) is 9.76. The van der Waals surface area contributed by atoms with Crippen LogP contribution < -0.4 is 9.64 Å². The molecule has 164 valence electrons. The first-order valence-corrected chi connectivity index (χ1v) is 10.8. The maximum Gasteiger partial charge on any atom is 0.331 e. The number of para-hydroxylation sites is 1. The molecule has 0 saturated carbocycles. The summed E-state index contributed by atoms with van der Waals surface area (Å²) >= 11 is 0. The van der Waals surface area contributed by atoms with Crippen molar-refractivity contribution >= 4 is 17.7 Å². The summed E-state index contributed by atoms with van der Waals surface area (Å²) in [6.07, 6.45) is 2.10. The lowest BCUT2D eigenvalue weighted by Gasteiger charge is -2.31. The van der Waals surface area contributed by atoms with E-state index in [0.717, 1.165) is 28.1 Å². The number of anilines is 1. The highest BCUT2D eigenvalue weighted by Gasteiger charge is 2.26. The highest BCUT2D eigenvalue weighted by molar-refractivity contribution is 5.95. The number of ether oxygens (including phenoxy) is 1. The summed E-state index contributed by atoms with van der Waals surface area (Å²) in [6.45, 7) is 4.83. The van der Waals surface area contributed by atoms with E-state index in [1.807, 2.05) is 62.4 Å². The van der Waals surface area contributed by atoms with Gasteiger partial charge in [-0.25, -0.2) is 9.18 Å². The SMILES string of the molecule is CCOc1ccccc1-c1ccc2c(c1)C=C(C(=O)O)CC(C)N2Cc1ccccc1F. The van der Waals surface area contributed by atoms with Gasteiger partial charge in [0.1, 0.15) is 11.6 Å². The molecule has 0 saturated heterocycles. The Morgan fingerprint density at radius 3 is 2.62 bits per heavy atom. The second-order valence-corrected chi connectivity index (χ2v) is 7.95. The summed E-state index contributed by atoms with van der Waals surface area (Å²) in [6, 6.07) is 20.4. The van der Waals surface area contributed by atoms with Crippen molar-refractivity contribution in [3.63, 3.8) is 0 Å². The fourth-order valence-corrected chi connectivity index (χ4v) is 4.20. The molecule has 1 unspecified atom stereocenters. The minimum absolute atomic E-state index is 0.111. The van der Waals surface area contributed by atoms with Crippen LogP contribution in [0.3, 0.4) is 0 Å². The number of carboxylic acid groups (broad SMARTS) is 1. The van der Waals surface area contributed by atoms with E-state index in [0.29, 0.717) is 30.7 Å². The highest BCUT2D eigenvalue weighted by Crippen LogP contribution is 2.38. The number of hydrogen-bond donors (Lipinski definition) is 1. The molecule has 4 nitrogen and oxygen atoms in total. The Labute approximate surface area is 187 Å². The lowest BCUT2D eigenvalue weighted by atomic mass is 9.99. The molecule has 0 bridgehead atoms. The molecule has 0 aromatic heterocycles. The first kappa shape index (κ1) is 21.6.